The van der Waals surface area contributed by atoms with Gasteiger partial charge in [-0.25, -0.2) is 9.59 Å². The van der Waals surface area contributed by atoms with Gasteiger partial charge in [-0.2, -0.15) is 0 Å². The summed E-state index contributed by atoms with van der Waals surface area (Å²) in [5.74, 6) is -1.08. The van der Waals surface area contributed by atoms with E-state index in [-0.39, 0.29) is 0 Å². The van der Waals surface area contributed by atoms with Crippen molar-refractivity contribution in [3.8, 4) is 0 Å². The summed E-state index contributed by atoms with van der Waals surface area (Å²) in [7, 11) is 0. The number of amides is 1. The van der Waals surface area contributed by atoms with Crippen LogP contribution in [0.4, 0.5) is 4.79 Å². The Morgan fingerprint density at radius 2 is 2.00 bits per heavy atom. The molecule has 0 saturated carbocycles. The number of hydrogen-bond donors (Lipinski definition) is 2. The molecular formula is C6H9NO4. The monoisotopic (exact) mass is 159 g/mol. The fourth-order valence-corrected chi connectivity index (χ4v) is 1.09. The Labute approximate surface area is 63.2 Å². The van der Waals surface area contributed by atoms with Crippen molar-refractivity contribution in [3.05, 3.63) is 0 Å². The third kappa shape index (κ3) is 0.923. The molecule has 0 aliphatic carbocycles. The quantitative estimate of drug-likeness (QED) is 0.573. The van der Waals surface area contributed by atoms with Crippen LogP contribution in [-0.2, 0) is 4.79 Å². The van der Waals surface area contributed by atoms with Crippen molar-refractivity contribution in [2.75, 3.05) is 6.54 Å². The van der Waals surface area contributed by atoms with Crippen molar-refractivity contribution in [2.45, 2.75) is 18.9 Å². The van der Waals surface area contributed by atoms with Crippen LogP contribution in [0.15, 0.2) is 0 Å². The molecule has 5 nitrogen and oxygen atoms in total. The van der Waals surface area contributed by atoms with Crippen LogP contribution in [0.2, 0.25) is 0 Å². The van der Waals surface area contributed by atoms with E-state index in [4.69, 9.17) is 10.2 Å². The number of hydrogen-bond acceptors (Lipinski definition) is 2. The van der Waals surface area contributed by atoms with E-state index >= 15 is 0 Å². The zero-order valence-corrected chi connectivity index (χ0v) is 6.07. The lowest BCUT2D eigenvalue weighted by Gasteiger charge is -2.45. The molecule has 1 rings (SSSR count). The molecule has 1 saturated heterocycles. The number of carboxylic acid groups (broad SMARTS) is 2. The zero-order chi connectivity index (χ0) is 8.65. The van der Waals surface area contributed by atoms with Crippen LogP contribution in [0.25, 0.3) is 0 Å². The maximum atomic E-state index is 10.5. The van der Waals surface area contributed by atoms with Crippen molar-refractivity contribution in [1.82, 2.24) is 4.90 Å². The number of nitrogens with zero attached hydrogens (tertiary/aromatic N) is 1. The minimum absolute atomic E-state index is 0.318. The van der Waals surface area contributed by atoms with Gasteiger partial charge in [0.25, 0.3) is 0 Å². The standard InChI is InChI=1S/C6H9NO4/c1-6(4(8)9)2-3-7(6)5(10)11/h2-3H2,1H3,(H,8,9)(H,10,11). The summed E-state index contributed by atoms with van der Waals surface area (Å²) >= 11 is 0. The van der Waals surface area contributed by atoms with Gasteiger partial charge < -0.3 is 10.2 Å². The number of carbonyl (C=O) groups is 2. The SMILES string of the molecule is CC1(C(=O)O)CCN1C(=O)O. The summed E-state index contributed by atoms with van der Waals surface area (Å²) in [4.78, 5) is 21.8. The van der Waals surface area contributed by atoms with E-state index in [1.165, 1.54) is 6.92 Å². The van der Waals surface area contributed by atoms with Gasteiger partial charge in [0.05, 0.1) is 0 Å². The van der Waals surface area contributed by atoms with Crippen LogP contribution < -0.4 is 0 Å². The van der Waals surface area contributed by atoms with E-state index in [0.717, 1.165) is 4.90 Å². The molecule has 0 spiro atoms. The highest BCUT2D eigenvalue weighted by molar-refractivity contribution is 5.85. The molecule has 0 aromatic heterocycles. The molecule has 0 aromatic carbocycles. The molecule has 1 fully saturated rings. The number of carboxylic acids is 1. The second kappa shape index (κ2) is 2.11. The summed E-state index contributed by atoms with van der Waals surface area (Å²) in [5, 5.41) is 17.1. The summed E-state index contributed by atoms with van der Waals surface area (Å²) < 4.78 is 0. The molecular weight excluding hydrogens is 150 g/mol. The first kappa shape index (κ1) is 7.84. The Morgan fingerprint density at radius 3 is 2.09 bits per heavy atom. The van der Waals surface area contributed by atoms with Crippen molar-refractivity contribution in [3.63, 3.8) is 0 Å². The van der Waals surface area contributed by atoms with Gasteiger partial charge in [-0.1, -0.05) is 0 Å². The summed E-state index contributed by atoms with van der Waals surface area (Å²) in [6, 6.07) is 0. The van der Waals surface area contributed by atoms with Crippen molar-refractivity contribution >= 4 is 12.1 Å². The molecule has 1 amide bonds. The van der Waals surface area contributed by atoms with E-state index in [1.54, 1.807) is 0 Å². The van der Waals surface area contributed by atoms with Crippen molar-refractivity contribution < 1.29 is 19.8 Å². The Balaban J connectivity index is 2.75. The smallest absolute Gasteiger partial charge is 0.408 e. The van der Waals surface area contributed by atoms with Gasteiger partial charge in [0.15, 0.2) is 0 Å². The predicted octanol–water partition coefficient (Wildman–Crippen LogP) is 0.213. The molecule has 1 aliphatic rings. The number of aliphatic carboxylic acids is 1. The average Bonchev–Trinajstić information content (AvgIpc) is 1.82. The average molecular weight is 159 g/mol. The summed E-state index contributed by atoms with van der Waals surface area (Å²) in [6.07, 6.45) is -0.768. The first-order chi connectivity index (χ1) is 4.98. The van der Waals surface area contributed by atoms with Gasteiger partial charge in [-0.15, -0.1) is 0 Å². The molecule has 11 heavy (non-hydrogen) atoms. The zero-order valence-electron chi connectivity index (χ0n) is 6.07. The van der Waals surface area contributed by atoms with Gasteiger partial charge in [0.2, 0.25) is 0 Å². The van der Waals surface area contributed by atoms with Crippen molar-refractivity contribution in [1.29, 1.82) is 0 Å². The second-order valence-corrected chi connectivity index (χ2v) is 2.76. The second-order valence-electron chi connectivity index (χ2n) is 2.76. The molecule has 0 aromatic rings. The number of likely N-dealkylation sites (tertiary alicyclic amines) is 1. The normalized spacial score (nSPS) is 29.4. The van der Waals surface area contributed by atoms with E-state index < -0.39 is 17.6 Å². The van der Waals surface area contributed by atoms with E-state index in [0.29, 0.717) is 13.0 Å². The molecule has 1 atom stereocenters. The Bertz CT molecular complexity index is 215. The highest BCUT2D eigenvalue weighted by atomic mass is 16.4. The largest absolute Gasteiger partial charge is 0.480 e. The highest BCUT2D eigenvalue weighted by Crippen LogP contribution is 2.30. The summed E-state index contributed by atoms with van der Waals surface area (Å²) in [5.41, 5.74) is -1.19. The third-order valence-electron chi connectivity index (χ3n) is 2.11. The fourth-order valence-electron chi connectivity index (χ4n) is 1.09. The van der Waals surface area contributed by atoms with Gasteiger partial charge in [-0.3, -0.25) is 4.90 Å². The predicted molar refractivity (Wildman–Crippen MR) is 35.4 cm³/mol. The summed E-state index contributed by atoms with van der Waals surface area (Å²) in [6.45, 7) is 1.73. The van der Waals surface area contributed by atoms with E-state index in [1.807, 2.05) is 0 Å². The molecule has 2 N–H and O–H groups in total. The minimum Gasteiger partial charge on any atom is -0.480 e. The number of rotatable bonds is 1. The van der Waals surface area contributed by atoms with E-state index in [9.17, 15) is 9.59 Å². The molecule has 0 radical (unpaired) electrons. The van der Waals surface area contributed by atoms with Crippen LogP contribution in [0, 0.1) is 0 Å². The first-order valence-electron chi connectivity index (χ1n) is 3.22. The maximum absolute atomic E-state index is 10.5. The lowest BCUT2D eigenvalue weighted by molar-refractivity contribution is -0.156. The van der Waals surface area contributed by atoms with E-state index in [2.05, 4.69) is 0 Å². The van der Waals surface area contributed by atoms with Crippen LogP contribution in [0.5, 0.6) is 0 Å². The Hall–Kier alpha value is -1.26. The highest BCUT2D eigenvalue weighted by Gasteiger charge is 2.49. The molecule has 0 bridgehead atoms. The maximum Gasteiger partial charge on any atom is 0.408 e. The van der Waals surface area contributed by atoms with Gasteiger partial charge in [0.1, 0.15) is 5.54 Å². The molecule has 62 valence electrons. The molecule has 1 heterocycles. The molecule has 1 unspecified atom stereocenters. The lowest BCUT2D eigenvalue weighted by atomic mass is 9.87. The minimum atomic E-state index is -1.19. The fraction of sp³-hybridized carbons (Fsp3) is 0.667. The first-order valence-corrected chi connectivity index (χ1v) is 3.22. The van der Waals surface area contributed by atoms with Crippen LogP contribution in [0.3, 0.4) is 0 Å². The van der Waals surface area contributed by atoms with Crippen molar-refractivity contribution in [2.24, 2.45) is 0 Å². The van der Waals surface area contributed by atoms with Crippen LogP contribution in [-0.4, -0.2) is 39.3 Å². The van der Waals surface area contributed by atoms with Gasteiger partial charge >= 0.3 is 12.1 Å². The van der Waals surface area contributed by atoms with Crippen LogP contribution in [0.1, 0.15) is 13.3 Å². The van der Waals surface area contributed by atoms with Gasteiger partial charge in [-0.05, 0) is 13.3 Å². The Morgan fingerprint density at radius 1 is 1.45 bits per heavy atom. The topological polar surface area (TPSA) is 77.8 Å². The Kier molecular flexibility index (Phi) is 1.51. The third-order valence-corrected chi connectivity index (χ3v) is 2.11. The van der Waals surface area contributed by atoms with Crippen LogP contribution >= 0.6 is 0 Å². The lowest BCUT2D eigenvalue weighted by Crippen LogP contribution is -2.64. The molecule has 5 heteroatoms. The molecule has 1 aliphatic heterocycles. The van der Waals surface area contributed by atoms with Gasteiger partial charge in [0, 0.05) is 6.54 Å².